The summed E-state index contributed by atoms with van der Waals surface area (Å²) in [6.07, 6.45) is 0. The third-order valence-electron chi connectivity index (χ3n) is 3.05. The molecule has 0 spiro atoms. The van der Waals surface area contributed by atoms with E-state index < -0.39 is 11.6 Å². The average Bonchev–Trinajstić information content (AvgIpc) is 2.66. The minimum atomic E-state index is -0.808. The molecule has 0 amide bonds. The minimum Gasteiger partial charge on any atom is -0.309 e. The Morgan fingerprint density at radius 3 is 2.50 bits per heavy atom. The van der Waals surface area contributed by atoms with Gasteiger partial charge in [0.05, 0.1) is 6.04 Å². The van der Waals surface area contributed by atoms with E-state index in [9.17, 15) is 8.78 Å². The van der Waals surface area contributed by atoms with Crippen molar-refractivity contribution in [1.29, 1.82) is 0 Å². The molecule has 0 aliphatic carbocycles. The van der Waals surface area contributed by atoms with E-state index in [1.807, 2.05) is 19.9 Å². The molecule has 1 heterocycles. The third-order valence-corrected chi connectivity index (χ3v) is 4.27. The molecule has 1 aromatic carbocycles. The van der Waals surface area contributed by atoms with Gasteiger partial charge in [-0.3, -0.25) is 0 Å². The van der Waals surface area contributed by atoms with Crippen LogP contribution in [0.2, 0.25) is 0 Å². The highest BCUT2D eigenvalue weighted by atomic mass is 32.1. The van der Waals surface area contributed by atoms with Crippen LogP contribution < -0.4 is 5.32 Å². The number of thiophene rings is 1. The molecule has 0 aliphatic rings. The number of hydrogen-bond acceptors (Lipinski definition) is 2. The largest absolute Gasteiger partial charge is 0.309 e. The molecule has 0 radical (unpaired) electrons. The fourth-order valence-corrected chi connectivity index (χ4v) is 3.11. The lowest BCUT2D eigenvalue weighted by Gasteiger charge is -2.16. The van der Waals surface area contributed by atoms with Gasteiger partial charge in [0.15, 0.2) is 11.6 Å². The first-order valence-corrected chi connectivity index (χ1v) is 6.54. The summed E-state index contributed by atoms with van der Waals surface area (Å²) in [5.74, 6) is -1.58. The first kappa shape index (κ1) is 13.2. The van der Waals surface area contributed by atoms with Crippen molar-refractivity contribution < 1.29 is 8.78 Å². The Balaban J connectivity index is 2.48. The summed E-state index contributed by atoms with van der Waals surface area (Å²) < 4.78 is 27.1. The summed E-state index contributed by atoms with van der Waals surface area (Å²) in [6.45, 7) is 4.04. The maximum atomic E-state index is 13.8. The highest BCUT2D eigenvalue weighted by Crippen LogP contribution is 2.32. The van der Waals surface area contributed by atoms with E-state index in [0.717, 1.165) is 10.9 Å². The number of rotatable bonds is 3. The quantitative estimate of drug-likeness (QED) is 0.887. The van der Waals surface area contributed by atoms with Crippen LogP contribution in [0.1, 0.15) is 26.9 Å². The van der Waals surface area contributed by atoms with Crippen LogP contribution in [-0.4, -0.2) is 7.05 Å². The molecule has 1 unspecified atom stereocenters. The second kappa shape index (κ2) is 5.16. The van der Waals surface area contributed by atoms with Crippen LogP contribution in [0.15, 0.2) is 24.3 Å². The molecule has 2 aromatic rings. The van der Waals surface area contributed by atoms with Gasteiger partial charge in [0.25, 0.3) is 0 Å². The predicted octanol–water partition coefficient (Wildman–Crippen LogP) is 3.95. The van der Waals surface area contributed by atoms with Crippen LogP contribution >= 0.6 is 11.3 Å². The van der Waals surface area contributed by atoms with E-state index in [1.54, 1.807) is 24.5 Å². The molecule has 18 heavy (non-hydrogen) atoms. The smallest absolute Gasteiger partial charge is 0.163 e. The van der Waals surface area contributed by atoms with Crippen LogP contribution in [0.5, 0.6) is 0 Å². The molecule has 4 heteroatoms. The molecular weight excluding hydrogens is 252 g/mol. The van der Waals surface area contributed by atoms with E-state index in [2.05, 4.69) is 5.32 Å². The van der Waals surface area contributed by atoms with Crippen LogP contribution in [0.25, 0.3) is 0 Å². The van der Waals surface area contributed by atoms with Gasteiger partial charge in [-0.05, 0) is 38.6 Å². The molecule has 1 atom stereocenters. The van der Waals surface area contributed by atoms with E-state index in [4.69, 9.17) is 0 Å². The SMILES string of the molecule is CNC(c1cc(C)c(C)s1)c1cccc(F)c1F. The van der Waals surface area contributed by atoms with E-state index in [-0.39, 0.29) is 6.04 Å². The highest BCUT2D eigenvalue weighted by molar-refractivity contribution is 7.12. The summed E-state index contributed by atoms with van der Waals surface area (Å²) in [4.78, 5) is 2.19. The Morgan fingerprint density at radius 2 is 1.94 bits per heavy atom. The lowest BCUT2D eigenvalue weighted by molar-refractivity contribution is 0.488. The monoisotopic (exact) mass is 267 g/mol. The summed E-state index contributed by atoms with van der Waals surface area (Å²) in [5, 5.41) is 3.05. The van der Waals surface area contributed by atoms with Crippen LogP contribution in [0, 0.1) is 25.5 Å². The van der Waals surface area contributed by atoms with E-state index in [0.29, 0.717) is 5.56 Å². The van der Waals surface area contributed by atoms with E-state index in [1.165, 1.54) is 16.5 Å². The summed E-state index contributed by atoms with van der Waals surface area (Å²) in [6, 6.07) is 6.00. The number of nitrogens with one attached hydrogen (secondary N) is 1. The molecule has 96 valence electrons. The molecule has 1 N–H and O–H groups in total. The average molecular weight is 267 g/mol. The van der Waals surface area contributed by atoms with Gasteiger partial charge in [0.1, 0.15) is 0 Å². The second-order valence-electron chi connectivity index (χ2n) is 4.25. The van der Waals surface area contributed by atoms with Gasteiger partial charge >= 0.3 is 0 Å². The molecule has 1 nitrogen and oxygen atoms in total. The molecule has 0 bridgehead atoms. The Labute approximate surface area is 109 Å². The third kappa shape index (κ3) is 2.31. The van der Waals surface area contributed by atoms with Gasteiger partial charge < -0.3 is 5.32 Å². The normalized spacial score (nSPS) is 12.7. The van der Waals surface area contributed by atoms with Gasteiger partial charge in [-0.2, -0.15) is 0 Å². The van der Waals surface area contributed by atoms with Crippen molar-refractivity contribution in [2.24, 2.45) is 0 Å². The van der Waals surface area contributed by atoms with Crippen LogP contribution in [0.4, 0.5) is 8.78 Å². The zero-order valence-corrected chi connectivity index (χ0v) is 11.4. The lowest BCUT2D eigenvalue weighted by Crippen LogP contribution is -2.18. The number of hydrogen-bond donors (Lipinski definition) is 1. The van der Waals surface area contributed by atoms with Crippen molar-refractivity contribution in [2.45, 2.75) is 19.9 Å². The number of benzene rings is 1. The summed E-state index contributed by atoms with van der Waals surface area (Å²) in [5.41, 5.74) is 1.52. The van der Waals surface area contributed by atoms with Crippen LogP contribution in [-0.2, 0) is 0 Å². The molecule has 0 fully saturated rings. The maximum absolute atomic E-state index is 13.8. The Hall–Kier alpha value is -1.26. The predicted molar refractivity (Wildman–Crippen MR) is 71.1 cm³/mol. The molecule has 1 aromatic heterocycles. The van der Waals surface area contributed by atoms with Crippen molar-refractivity contribution in [1.82, 2.24) is 5.32 Å². The summed E-state index contributed by atoms with van der Waals surface area (Å²) >= 11 is 1.60. The highest BCUT2D eigenvalue weighted by Gasteiger charge is 2.20. The van der Waals surface area contributed by atoms with Crippen molar-refractivity contribution in [3.8, 4) is 0 Å². The standard InChI is InChI=1S/C14H15F2NS/c1-8-7-12(18-9(8)2)14(17-3)10-5-4-6-11(15)13(10)16/h4-7,14,17H,1-3H3. The molecule has 2 rings (SSSR count). The Morgan fingerprint density at radius 1 is 1.22 bits per heavy atom. The first-order chi connectivity index (χ1) is 8.54. The van der Waals surface area contributed by atoms with Gasteiger partial charge in [-0.25, -0.2) is 8.78 Å². The van der Waals surface area contributed by atoms with E-state index >= 15 is 0 Å². The van der Waals surface area contributed by atoms with Crippen molar-refractivity contribution >= 4 is 11.3 Å². The number of aryl methyl sites for hydroxylation is 2. The molecule has 0 saturated heterocycles. The topological polar surface area (TPSA) is 12.0 Å². The van der Waals surface area contributed by atoms with Crippen LogP contribution in [0.3, 0.4) is 0 Å². The van der Waals surface area contributed by atoms with Gasteiger partial charge in [-0.1, -0.05) is 12.1 Å². The Kier molecular flexibility index (Phi) is 3.78. The molecule has 0 aliphatic heterocycles. The zero-order chi connectivity index (χ0) is 13.3. The van der Waals surface area contributed by atoms with Gasteiger partial charge in [-0.15, -0.1) is 11.3 Å². The van der Waals surface area contributed by atoms with Gasteiger partial charge in [0.2, 0.25) is 0 Å². The first-order valence-electron chi connectivity index (χ1n) is 5.72. The molecule has 0 saturated carbocycles. The fourth-order valence-electron chi connectivity index (χ4n) is 1.94. The van der Waals surface area contributed by atoms with Crippen molar-refractivity contribution in [3.05, 3.63) is 56.8 Å². The summed E-state index contributed by atoms with van der Waals surface area (Å²) in [7, 11) is 1.75. The van der Waals surface area contributed by atoms with Crippen molar-refractivity contribution in [2.75, 3.05) is 7.05 Å². The maximum Gasteiger partial charge on any atom is 0.163 e. The molecular formula is C14H15F2NS. The Bertz CT molecular complexity index is 543. The zero-order valence-electron chi connectivity index (χ0n) is 10.6. The van der Waals surface area contributed by atoms with Gasteiger partial charge in [0, 0.05) is 15.3 Å². The minimum absolute atomic E-state index is 0.307. The number of halogens is 2. The fraction of sp³-hybridized carbons (Fsp3) is 0.286. The second-order valence-corrected chi connectivity index (χ2v) is 5.54. The lowest BCUT2D eigenvalue weighted by atomic mass is 10.0. The van der Waals surface area contributed by atoms with Crippen molar-refractivity contribution in [3.63, 3.8) is 0 Å².